The van der Waals surface area contributed by atoms with Gasteiger partial charge in [-0.05, 0) is 62.7 Å². The summed E-state index contributed by atoms with van der Waals surface area (Å²) in [6.07, 6.45) is 14.7. The van der Waals surface area contributed by atoms with Crippen LogP contribution >= 0.6 is 0 Å². The van der Waals surface area contributed by atoms with Crippen molar-refractivity contribution in [3.05, 3.63) is 47.3 Å². The van der Waals surface area contributed by atoms with Crippen LogP contribution in [-0.4, -0.2) is 39.1 Å². The molecule has 0 spiro atoms. The molecule has 1 aliphatic carbocycles. The van der Waals surface area contributed by atoms with E-state index in [-0.39, 0.29) is 5.56 Å². The third-order valence-electron chi connectivity index (χ3n) is 6.26. The predicted octanol–water partition coefficient (Wildman–Crippen LogP) is 3.60. The van der Waals surface area contributed by atoms with Gasteiger partial charge in [-0.15, -0.1) is 0 Å². The van der Waals surface area contributed by atoms with Crippen LogP contribution in [0.3, 0.4) is 0 Å². The molecule has 27 heavy (non-hydrogen) atoms. The molecule has 3 heterocycles. The van der Waals surface area contributed by atoms with Gasteiger partial charge in [-0.25, -0.2) is 4.98 Å². The van der Waals surface area contributed by atoms with E-state index in [4.69, 9.17) is 0 Å². The molecular weight excluding hydrogens is 336 g/mol. The van der Waals surface area contributed by atoms with Crippen LogP contribution in [0, 0.1) is 11.8 Å². The van der Waals surface area contributed by atoms with Gasteiger partial charge in [0.25, 0.3) is 5.56 Å². The van der Waals surface area contributed by atoms with Crippen molar-refractivity contribution < 1.29 is 0 Å². The van der Waals surface area contributed by atoms with Gasteiger partial charge in [0.05, 0.1) is 12.0 Å². The number of hydrogen-bond acceptors (Lipinski definition) is 4. The highest BCUT2D eigenvalue weighted by Gasteiger charge is 2.23. The molecule has 5 heteroatoms. The Balaban J connectivity index is 1.30. The Kier molecular flexibility index (Phi) is 5.97. The molecule has 0 radical (unpaired) electrons. The summed E-state index contributed by atoms with van der Waals surface area (Å²) in [6, 6.07) is 5.41. The highest BCUT2D eigenvalue weighted by molar-refractivity contribution is 5.57. The SMILES string of the molecule is O=c1cc(-c2ccncc2)ncn1CC1CCN(CC2CCCCC2)CC1. The zero-order valence-electron chi connectivity index (χ0n) is 16.1. The summed E-state index contributed by atoms with van der Waals surface area (Å²) in [7, 11) is 0. The minimum Gasteiger partial charge on any atom is -0.303 e. The Morgan fingerprint density at radius 3 is 2.33 bits per heavy atom. The summed E-state index contributed by atoms with van der Waals surface area (Å²) < 4.78 is 1.78. The lowest BCUT2D eigenvalue weighted by Crippen LogP contribution is -2.39. The second kappa shape index (κ2) is 8.79. The van der Waals surface area contributed by atoms with Crippen molar-refractivity contribution >= 4 is 0 Å². The van der Waals surface area contributed by atoms with Gasteiger partial charge in [-0.3, -0.25) is 14.3 Å². The van der Waals surface area contributed by atoms with E-state index in [0.29, 0.717) is 5.92 Å². The van der Waals surface area contributed by atoms with Gasteiger partial charge in [0.15, 0.2) is 0 Å². The largest absolute Gasteiger partial charge is 0.303 e. The Hall–Kier alpha value is -2.01. The maximum atomic E-state index is 12.5. The van der Waals surface area contributed by atoms with E-state index in [0.717, 1.165) is 23.7 Å². The lowest BCUT2D eigenvalue weighted by atomic mass is 9.88. The highest BCUT2D eigenvalue weighted by atomic mass is 16.1. The molecule has 2 aromatic heterocycles. The van der Waals surface area contributed by atoms with Crippen molar-refractivity contribution in [2.75, 3.05) is 19.6 Å². The van der Waals surface area contributed by atoms with Gasteiger partial charge in [-0.1, -0.05) is 19.3 Å². The summed E-state index contributed by atoms with van der Waals surface area (Å²) >= 11 is 0. The van der Waals surface area contributed by atoms with Crippen molar-refractivity contribution in [1.29, 1.82) is 0 Å². The summed E-state index contributed by atoms with van der Waals surface area (Å²) in [6.45, 7) is 4.44. The van der Waals surface area contributed by atoms with Crippen LogP contribution in [0.1, 0.15) is 44.9 Å². The molecule has 0 bridgehead atoms. The minimum atomic E-state index is 0.0430. The van der Waals surface area contributed by atoms with Gasteiger partial charge in [0.2, 0.25) is 0 Å². The second-order valence-corrected chi connectivity index (χ2v) is 8.25. The van der Waals surface area contributed by atoms with Crippen molar-refractivity contribution in [3.63, 3.8) is 0 Å². The van der Waals surface area contributed by atoms with Crippen LogP contribution in [0.5, 0.6) is 0 Å². The third-order valence-corrected chi connectivity index (χ3v) is 6.26. The Morgan fingerprint density at radius 2 is 1.63 bits per heavy atom. The first kappa shape index (κ1) is 18.4. The molecule has 2 aliphatic rings. The summed E-state index contributed by atoms with van der Waals surface area (Å²) in [5.41, 5.74) is 1.70. The third kappa shape index (κ3) is 4.83. The Morgan fingerprint density at radius 1 is 0.926 bits per heavy atom. The van der Waals surface area contributed by atoms with Crippen LogP contribution in [0.2, 0.25) is 0 Å². The first-order valence-electron chi connectivity index (χ1n) is 10.5. The smallest absolute Gasteiger partial charge is 0.253 e. The van der Waals surface area contributed by atoms with Crippen LogP contribution in [-0.2, 0) is 6.54 Å². The molecule has 2 aromatic rings. The second-order valence-electron chi connectivity index (χ2n) is 8.25. The van der Waals surface area contributed by atoms with Crippen LogP contribution in [0.4, 0.5) is 0 Å². The number of hydrogen-bond donors (Lipinski definition) is 0. The van der Waals surface area contributed by atoms with Gasteiger partial charge in [-0.2, -0.15) is 0 Å². The number of aromatic nitrogens is 3. The first-order valence-corrected chi connectivity index (χ1v) is 10.5. The van der Waals surface area contributed by atoms with E-state index in [1.54, 1.807) is 29.4 Å². The van der Waals surface area contributed by atoms with Crippen molar-refractivity contribution in [3.8, 4) is 11.3 Å². The van der Waals surface area contributed by atoms with Crippen LogP contribution < -0.4 is 5.56 Å². The maximum absolute atomic E-state index is 12.5. The summed E-state index contributed by atoms with van der Waals surface area (Å²) in [5, 5.41) is 0. The van der Waals surface area contributed by atoms with E-state index >= 15 is 0 Å². The van der Waals surface area contributed by atoms with E-state index in [1.165, 1.54) is 64.6 Å². The molecule has 144 valence electrons. The number of rotatable bonds is 5. The molecule has 4 rings (SSSR count). The van der Waals surface area contributed by atoms with Gasteiger partial charge < -0.3 is 4.90 Å². The number of pyridine rings is 1. The average Bonchev–Trinajstić information content (AvgIpc) is 2.72. The molecule has 2 fully saturated rings. The predicted molar refractivity (Wildman–Crippen MR) is 107 cm³/mol. The monoisotopic (exact) mass is 366 g/mol. The fraction of sp³-hybridized carbons (Fsp3) is 0.591. The summed E-state index contributed by atoms with van der Waals surface area (Å²) in [4.78, 5) is 23.7. The molecule has 1 aliphatic heterocycles. The Bertz CT molecular complexity index is 774. The molecule has 0 N–H and O–H groups in total. The van der Waals surface area contributed by atoms with Crippen LogP contribution in [0.25, 0.3) is 11.3 Å². The quantitative estimate of drug-likeness (QED) is 0.811. The van der Waals surface area contributed by atoms with Crippen molar-refractivity contribution in [2.45, 2.75) is 51.5 Å². The van der Waals surface area contributed by atoms with E-state index in [9.17, 15) is 4.79 Å². The maximum Gasteiger partial charge on any atom is 0.253 e. The van der Waals surface area contributed by atoms with Crippen molar-refractivity contribution in [1.82, 2.24) is 19.4 Å². The fourth-order valence-corrected chi connectivity index (χ4v) is 4.61. The molecule has 1 saturated heterocycles. The normalized spacial score (nSPS) is 20.0. The Labute approximate surface area is 161 Å². The zero-order chi connectivity index (χ0) is 18.5. The zero-order valence-corrected chi connectivity index (χ0v) is 16.1. The molecule has 0 amide bonds. The first-order chi connectivity index (χ1) is 13.3. The molecule has 0 unspecified atom stereocenters. The number of piperidine rings is 1. The highest BCUT2D eigenvalue weighted by Crippen LogP contribution is 2.26. The fourth-order valence-electron chi connectivity index (χ4n) is 4.61. The molecule has 0 aromatic carbocycles. The number of nitrogens with zero attached hydrogens (tertiary/aromatic N) is 4. The van der Waals surface area contributed by atoms with E-state index in [1.807, 2.05) is 12.1 Å². The molecular formula is C22H30N4O. The average molecular weight is 367 g/mol. The van der Waals surface area contributed by atoms with Crippen molar-refractivity contribution in [2.24, 2.45) is 11.8 Å². The topological polar surface area (TPSA) is 51.0 Å². The van der Waals surface area contributed by atoms with Gasteiger partial charge in [0, 0.05) is 37.1 Å². The lowest BCUT2D eigenvalue weighted by Gasteiger charge is -2.35. The standard InChI is InChI=1S/C22H30N4O/c27-22-14-21(20-6-10-23-11-7-20)24-17-26(22)16-19-8-12-25(13-9-19)15-18-4-2-1-3-5-18/h6-7,10-11,14,17-19H,1-5,8-9,12-13,15-16H2. The number of likely N-dealkylation sites (tertiary alicyclic amines) is 1. The lowest BCUT2D eigenvalue weighted by molar-refractivity contribution is 0.138. The van der Waals surface area contributed by atoms with Crippen LogP contribution in [0.15, 0.2) is 41.7 Å². The van der Waals surface area contributed by atoms with E-state index < -0.39 is 0 Å². The van der Waals surface area contributed by atoms with Gasteiger partial charge in [0.1, 0.15) is 0 Å². The molecule has 0 atom stereocenters. The van der Waals surface area contributed by atoms with E-state index in [2.05, 4.69) is 14.9 Å². The molecule has 5 nitrogen and oxygen atoms in total. The minimum absolute atomic E-state index is 0.0430. The summed E-state index contributed by atoms with van der Waals surface area (Å²) in [5.74, 6) is 1.50. The molecule has 1 saturated carbocycles. The van der Waals surface area contributed by atoms with Gasteiger partial charge >= 0.3 is 0 Å².